The summed E-state index contributed by atoms with van der Waals surface area (Å²) in [5.41, 5.74) is 0. The summed E-state index contributed by atoms with van der Waals surface area (Å²) >= 11 is 1.76. The van der Waals surface area contributed by atoms with Gasteiger partial charge >= 0.3 is 0 Å². The van der Waals surface area contributed by atoms with Crippen LogP contribution in [0, 0.1) is 6.92 Å². The van der Waals surface area contributed by atoms with Gasteiger partial charge in [0, 0.05) is 4.88 Å². The van der Waals surface area contributed by atoms with E-state index in [1.165, 1.54) is 56.2 Å². The monoisotopic (exact) mass is 254 g/mol. The molecule has 0 saturated heterocycles. The minimum atomic E-state index is 0.881. The largest absolute Gasteiger partial charge is 0.492 e. The normalized spacial score (nSPS) is 10.7. The van der Waals surface area contributed by atoms with Crippen LogP contribution >= 0.6 is 11.3 Å². The van der Waals surface area contributed by atoms with Gasteiger partial charge in [-0.3, -0.25) is 0 Å². The lowest BCUT2D eigenvalue weighted by Gasteiger charge is -2.05. The second-order valence-electron chi connectivity index (χ2n) is 4.66. The summed E-state index contributed by atoms with van der Waals surface area (Å²) < 4.78 is 5.73. The number of thiophene rings is 1. The number of hydrogen-bond acceptors (Lipinski definition) is 2. The Hall–Kier alpha value is -0.500. The molecule has 0 aliphatic heterocycles. The van der Waals surface area contributed by atoms with E-state index in [9.17, 15) is 0 Å². The van der Waals surface area contributed by atoms with E-state index < -0.39 is 0 Å². The minimum absolute atomic E-state index is 0.881. The van der Waals surface area contributed by atoms with Crippen molar-refractivity contribution in [2.45, 2.75) is 65.2 Å². The van der Waals surface area contributed by atoms with E-state index >= 15 is 0 Å². The van der Waals surface area contributed by atoms with Crippen molar-refractivity contribution in [2.75, 3.05) is 6.61 Å². The fraction of sp³-hybridized carbons (Fsp3) is 0.733. The molecule has 1 aromatic heterocycles. The molecule has 0 saturated carbocycles. The van der Waals surface area contributed by atoms with Crippen LogP contribution in [0.15, 0.2) is 11.4 Å². The molecule has 0 aromatic carbocycles. The highest BCUT2D eigenvalue weighted by atomic mass is 32.1. The lowest BCUT2D eigenvalue weighted by molar-refractivity contribution is 0.304. The summed E-state index contributed by atoms with van der Waals surface area (Å²) in [5.74, 6) is 1.08. The fourth-order valence-electron chi connectivity index (χ4n) is 1.94. The molecule has 1 rings (SSSR count). The van der Waals surface area contributed by atoms with Crippen molar-refractivity contribution in [3.8, 4) is 5.75 Å². The molecule has 1 nitrogen and oxygen atoms in total. The first-order chi connectivity index (χ1) is 8.34. The molecule has 0 N–H and O–H groups in total. The predicted octanol–water partition coefficient (Wildman–Crippen LogP) is 5.58. The topological polar surface area (TPSA) is 9.23 Å². The Labute approximate surface area is 110 Å². The number of hydrogen-bond donors (Lipinski definition) is 0. The zero-order valence-corrected chi connectivity index (χ0v) is 12.2. The minimum Gasteiger partial charge on any atom is -0.492 e. The second kappa shape index (κ2) is 9.52. The van der Waals surface area contributed by atoms with Crippen LogP contribution in [0.1, 0.15) is 63.2 Å². The number of aryl methyl sites for hydroxylation is 1. The van der Waals surface area contributed by atoms with Crippen LogP contribution in [0.4, 0.5) is 0 Å². The van der Waals surface area contributed by atoms with Crippen LogP contribution in [0.5, 0.6) is 5.75 Å². The van der Waals surface area contributed by atoms with E-state index in [2.05, 4.69) is 25.3 Å². The zero-order chi connectivity index (χ0) is 12.3. The van der Waals surface area contributed by atoms with Crippen LogP contribution in [0.25, 0.3) is 0 Å². The summed E-state index contributed by atoms with van der Waals surface area (Å²) in [6.45, 7) is 5.27. The van der Waals surface area contributed by atoms with Gasteiger partial charge in [-0.25, -0.2) is 0 Å². The number of ether oxygens (including phenoxy) is 1. The maximum atomic E-state index is 5.73. The predicted molar refractivity (Wildman–Crippen MR) is 77.2 cm³/mol. The van der Waals surface area contributed by atoms with Crippen molar-refractivity contribution < 1.29 is 4.74 Å². The van der Waals surface area contributed by atoms with E-state index in [0.29, 0.717) is 0 Å². The summed E-state index contributed by atoms with van der Waals surface area (Å²) in [6.07, 6.45) is 10.9. The molecule has 0 amide bonds. The summed E-state index contributed by atoms with van der Waals surface area (Å²) in [6, 6.07) is 2.07. The highest BCUT2D eigenvalue weighted by Crippen LogP contribution is 2.23. The molecule has 0 atom stereocenters. The van der Waals surface area contributed by atoms with E-state index in [1.807, 2.05) is 0 Å². The maximum absolute atomic E-state index is 5.73. The lowest BCUT2D eigenvalue weighted by Crippen LogP contribution is -1.97. The molecule has 2 heteroatoms. The first-order valence-corrected chi connectivity index (χ1v) is 7.89. The molecule has 1 heterocycles. The van der Waals surface area contributed by atoms with Crippen molar-refractivity contribution in [2.24, 2.45) is 0 Å². The zero-order valence-electron chi connectivity index (χ0n) is 11.3. The number of unbranched alkanes of at least 4 members (excludes halogenated alkanes) is 7. The molecule has 0 unspecified atom stereocenters. The summed E-state index contributed by atoms with van der Waals surface area (Å²) in [4.78, 5) is 1.30. The smallest absolute Gasteiger partial charge is 0.132 e. The van der Waals surface area contributed by atoms with E-state index in [1.54, 1.807) is 11.3 Å². The van der Waals surface area contributed by atoms with Crippen molar-refractivity contribution >= 4 is 11.3 Å². The Morgan fingerprint density at radius 1 is 1.00 bits per heavy atom. The first-order valence-electron chi connectivity index (χ1n) is 7.01. The average Bonchev–Trinajstić information content (AvgIpc) is 2.73. The molecule has 0 radical (unpaired) electrons. The fourth-order valence-corrected chi connectivity index (χ4v) is 2.58. The van der Waals surface area contributed by atoms with Gasteiger partial charge in [0.25, 0.3) is 0 Å². The van der Waals surface area contributed by atoms with Gasteiger partial charge in [0.1, 0.15) is 5.75 Å². The van der Waals surface area contributed by atoms with Gasteiger partial charge < -0.3 is 4.74 Å². The third-order valence-corrected chi connectivity index (χ3v) is 3.89. The summed E-state index contributed by atoms with van der Waals surface area (Å²) in [7, 11) is 0. The highest BCUT2D eigenvalue weighted by Gasteiger charge is 1.99. The number of rotatable bonds is 10. The van der Waals surface area contributed by atoms with Crippen LogP contribution in [-0.4, -0.2) is 6.61 Å². The van der Waals surface area contributed by atoms with Crippen LogP contribution in [0.2, 0.25) is 0 Å². The van der Waals surface area contributed by atoms with Gasteiger partial charge in [-0.2, -0.15) is 0 Å². The standard InChI is InChI=1S/C15H26OS/c1-3-4-5-6-7-8-9-10-12-16-15-11-13-17-14(15)2/h11,13H,3-10,12H2,1-2H3. The van der Waals surface area contributed by atoms with Crippen molar-refractivity contribution in [1.29, 1.82) is 0 Å². The van der Waals surface area contributed by atoms with Gasteiger partial charge in [-0.1, -0.05) is 51.9 Å². The molecule has 0 bridgehead atoms. The first kappa shape index (κ1) is 14.6. The molecule has 1 aromatic rings. The Kier molecular flexibility index (Phi) is 8.16. The Morgan fingerprint density at radius 2 is 1.65 bits per heavy atom. The molecular weight excluding hydrogens is 228 g/mol. The molecule has 17 heavy (non-hydrogen) atoms. The molecule has 0 fully saturated rings. The van der Waals surface area contributed by atoms with Gasteiger partial charge in [0.15, 0.2) is 0 Å². The Balaban J connectivity index is 1.86. The average molecular weight is 254 g/mol. The quantitative estimate of drug-likeness (QED) is 0.495. The maximum Gasteiger partial charge on any atom is 0.132 e. The molecule has 0 spiro atoms. The van der Waals surface area contributed by atoms with Gasteiger partial charge in [0.05, 0.1) is 6.61 Å². The summed E-state index contributed by atoms with van der Waals surface area (Å²) in [5, 5.41) is 2.10. The van der Waals surface area contributed by atoms with Gasteiger partial charge in [-0.05, 0) is 24.8 Å². The van der Waals surface area contributed by atoms with Crippen molar-refractivity contribution in [3.05, 3.63) is 16.3 Å². The Bertz CT molecular complexity index is 280. The van der Waals surface area contributed by atoms with Gasteiger partial charge in [0.2, 0.25) is 0 Å². The molecule has 0 aliphatic rings. The van der Waals surface area contributed by atoms with Crippen LogP contribution in [0.3, 0.4) is 0 Å². The molecular formula is C15H26OS. The second-order valence-corrected chi connectivity index (χ2v) is 5.78. The lowest BCUT2D eigenvalue weighted by atomic mass is 10.1. The van der Waals surface area contributed by atoms with E-state index in [4.69, 9.17) is 4.74 Å². The van der Waals surface area contributed by atoms with Crippen molar-refractivity contribution in [1.82, 2.24) is 0 Å². The van der Waals surface area contributed by atoms with E-state index in [0.717, 1.165) is 12.4 Å². The SMILES string of the molecule is CCCCCCCCCCOc1ccsc1C. The molecule has 0 aliphatic carbocycles. The van der Waals surface area contributed by atoms with Gasteiger partial charge in [-0.15, -0.1) is 11.3 Å². The van der Waals surface area contributed by atoms with Crippen molar-refractivity contribution in [3.63, 3.8) is 0 Å². The molecule has 98 valence electrons. The highest BCUT2D eigenvalue weighted by molar-refractivity contribution is 7.10. The Morgan fingerprint density at radius 3 is 2.24 bits per heavy atom. The van der Waals surface area contributed by atoms with E-state index in [-0.39, 0.29) is 0 Å². The third kappa shape index (κ3) is 6.72. The van der Waals surface area contributed by atoms with Crippen LogP contribution in [-0.2, 0) is 0 Å². The van der Waals surface area contributed by atoms with Crippen LogP contribution < -0.4 is 4.74 Å². The third-order valence-electron chi connectivity index (χ3n) is 3.07.